The number of nitro benzene ring substituents is 1. The van der Waals surface area contributed by atoms with E-state index in [9.17, 15) is 19.7 Å². The van der Waals surface area contributed by atoms with Gasteiger partial charge in [0.05, 0.1) is 4.92 Å². The summed E-state index contributed by atoms with van der Waals surface area (Å²) in [6.07, 6.45) is 1.36. The molecule has 1 aliphatic heterocycles. The Bertz CT molecular complexity index is 932. The molecule has 3 rings (SSSR count). The maximum atomic E-state index is 12.9. The smallest absolute Gasteiger partial charge is 0.272 e. The molecular weight excluding hydrogens is 384 g/mol. The Morgan fingerprint density at radius 2 is 1.97 bits per heavy atom. The van der Waals surface area contributed by atoms with E-state index in [2.05, 4.69) is 10.2 Å². The molecule has 1 N–H and O–H groups in total. The van der Waals surface area contributed by atoms with Crippen molar-refractivity contribution in [3.05, 3.63) is 69.8 Å². The summed E-state index contributed by atoms with van der Waals surface area (Å²) in [6.45, 7) is 3.22. The number of amides is 2. The molecule has 158 valence electrons. The first kappa shape index (κ1) is 21.3. The van der Waals surface area contributed by atoms with Crippen molar-refractivity contribution in [1.82, 2.24) is 10.2 Å². The number of para-hydroxylation sites is 1. The fourth-order valence-corrected chi connectivity index (χ4v) is 3.72. The molecule has 0 aliphatic carbocycles. The van der Waals surface area contributed by atoms with E-state index in [-0.39, 0.29) is 17.5 Å². The third kappa shape index (κ3) is 4.76. The molecule has 8 heteroatoms. The minimum absolute atomic E-state index is 0.0233. The van der Waals surface area contributed by atoms with Crippen LogP contribution in [-0.4, -0.2) is 54.4 Å². The van der Waals surface area contributed by atoms with Gasteiger partial charge in [-0.1, -0.05) is 18.2 Å². The second-order valence-corrected chi connectivity index (χ2v) is 7.46. The number of anilines is 1. The lowest BCUT2D eigenvalue weighted by atomic mass is 10.1. The van der Waals surface area contributed by atoms with E-state index in [1.165, 1.54) is 18.2 Å². The van der Waals surface area contributed by atoms with Crippen molar-refractivity contribution in [2.45, 2.75) is 25.8 Å². The fourth-order valence-electron chi connectivity index (χ4n) is 3.72. The average Bonchev–Trinajstić information content (AvgIpc) is 3.23. The highest BCUT2D eigenvalue weighted by Gasteiger charge is 2.34. The number of carbonyl (C=O) groups excluding carboxylic acids is 2. The molecule has 1 aliphatic rings. The number of benzene rings is 2. The van der Waals surface area contributed by atoms with Crippen LogP contribution in [0.5, 0.6) is 0 Å². The van der Waals surface area contributed by atoms with Gasteiger partial charge in [0.25, 0.3) is 11.6 Å². The summed E-state index contributed by atoms with van der Waals surface area (Å²) < 4.78 is 0. The molecule has 8 nitrogen and oxygen atoms in total. The summed E-state index contributed by atoms with van der Waals surface area (Å²) in [6, 6.07) is 13.7. The first-order valence-corrected chi connectivity index (χ1v) is 9.98. The van der Waals surface area contributed by atoms with Gasteiger partial charge < -0.3 is 15.1 Å². The van der Waals surface area contributed by atoms with Crippen molar-refractivity contribution in [2.75, 3.05) is 31.6 Å². The summed E-state index contributed by atoms with van der Waals surface area (Å²) in [4.78, 5) is 39.8. The van der Waals surface area contributed by atoms with E-state index in [0.717, 1.165) is 12.1 Å². The van der Waals surface area contributed by atoms with Gasteiger partial charge in [0.2, 0.25) is 5.91 Å². The minimum Gasteiger partial charge on any atom is -0.373 e. The largest absolute Gasteiger partial charge is 0.373 e. The van der Waals surface area contributed by atoms with Crippen LogP contribution in [-0.2, 0) is 4.79 Å². The Balaban J connectivity index is 1.59. The number of rotatable bonds is 7. The third-order valence-electron chi connectivity index (χ3n) is 5.40. The van der Waals surface area contributed by atoms with Crippen molar-refractivity contribution < 1.29 is 14.5 Å². The summed E-state index contributed by atoms with van der Waals surface area (Å²) in [7, 11) is 1.96. The summed E-state index contributed by atoms with van der Waals surface area (Å²) in [5, 5.41) is 13.9. The van der Waals surface area contributed by atoms with Gasteiger partial charge in [-0.15, -0.1) is 0 Å². The monoisotopic (exact) mass is 410 g/mol. The average molecular weight is 410 g/mol. The molecule has 0 bridgehead atoms. The topological polar surface area (TPSA) is 95.8 Å². The van der Waals surface area contributed by atoms with Crippen LogP contribution < -0.4 is 10.2 Å². The van der Waals surface area contributed by atoms with E-state index in [1.54, 1.807) is 11.8 Å². The highest BCUT2D eigenvalue weighted by atomic mass is 16.6. The van der Waals surface area contributed by atoms with Gasteiger partial charge >= 0.3 is 0 Å². The molecule has 0 saturated carbocycles. The van der Waals surface area contributed by atoms with Gasteiger partial charge in [-0.05, 0) is 44.0 Å². The van der Waals surface area contributed by atoms with E-state index >= 15 is 0 Å². The zero-order valence-electron chi connectivity index (χ0n) is 17.2. The summed E-state index contributed by atoms with van der Waals surface area (Å²) in [5.41, 5.74) is 1.83. The van der Waals surface area contributed by atoms with Crippen LogP contribution in [0, 0.1) is 17.0 Å². The normalized spacial score (nSPS) is 15.7. The van der Waals surface area contributed by atoms with Crippen LogP contribution in [0.1, 0.15) is 28.8 Å². The second kappa shape index (κ2) is 9.39. The molecule has 1 saturated heterocycles. The molecule has 1 heterocycles. The first-order valence-electron chi connectivity index (χ1n) is 9.98. The number of likely N-dealkylation sites (N-methyl/N-ethyl adjacent to an activating group) is 1. The van der Waals surface area contributed by atoms with Crippen LogP contribution in [0.3, 0.4) is 0 Å². The number of nitrogens with zero attached hydrogens (tertiary/aromatic N) is 3. The van der Waals surface area contributed by atoms with Gasteiger partial charge in [-0.3, -0.25) is 19.7 Å². The molecule has 0 spiro atoms. The summed E-state index contributed by atoms with van der Waals surface area (Å²) >= 11 is 0. The van der Waals surface area contributed by atoms with Crippen LogP contribution >= 0.6 is 0 Å². The first-order chi connectivity index (χ1) is 14.4. The van der Waals surface area contributed by atoms with Gasteiger partial charge in [-0.2, -0.15) is 0 Å². The quantitative estimate of drug-likeness (QED) is 0.559. The van der Waals surface area contributed by atoms with E-state index < -0.39 is 11.0 Å². The Hall–Kier alpha value is -3.42. The molecule has 1 unspecified atom stereocenters. The van der Waals surface area contributed by atoms with Gasteiger partial charge in [-0.25, -0.2) is 0 Å². The van der Waals surface area contributed by atoms with E-state index in [1.807, 2.05) is 37.4 Å². The molecular formula is C22H26N4O4. The summed E-state index contributed by atoms with van der Waals surface area (Å²) in [5.74, 6) is -0.437. The fraction of sp³-hybridized carbons (Fsp3) is 0.364. The lowest BCUT2D eigenvalue weighted by molar-refractivity contribution is -0.385. The number of hydrogen-bond donors (Lipinski definition) is 1. The van der Waals surface area contributed by atoms with Crippen molar-refractivity contribution in [3.8, 4) is 0 Å². The van der Waals surface area contributed by atoms with E-state index in [0.29, 0.717) is 37.2 Å². The third-order valence-corrected chi connectivity index (χ3v) is 5.40. The van der Waals surface area contributed by atoms with Crippen LogP contribution in [0.4, 0.5) is 11.4 Å². The molecule has 2 amide bonds. The Morgan fingerprint density at radius 1 is 1.23 bits per heavy atom. The molecule has 0 radical (unpaired) electrons. The SMILES string of the molecule is Cc1cc(C(=O)N2CCCC2C(=O)NCCN(C)c2ccccc2)ccc1[N+](=O)[O-]. The molecule has 2 aromatic rings. The van der Waals surface area contributed by atoms with Crippen molar-refractivity contribution in [3.63, 3.8) is 0 Å². The standard InChI is InChI=1S/C22H26N4O4/c1-16-15-17(10-11-19(16)26(29)30)22(28)25-13-6-9-20(25)21(27)23-12-14-24(2)18-7-4-3-5-8-18/h3-5,7-8,10-11,15,20H,6,9,12-14H2,1-2H3,(H,23,27). The highest BCUT2D eigenvalue weighted by molar-refractivity contribution is 5.98. The number of nitrogens with one attached hydrogen (secondary N) is 1. The van der Waals surface area contributed by atoms with Gasteiger partial charge in [0.1, 0.15) is 6.04 Å². The minimum atomic E-state index is -0.518. The lowest BCUT2D eigenvalue weighted by Gasteiger charge is -2.25. The molecule has 1 atom stereocenters. The van der Waals surface area contributed by atoms with E-state index in [4.69, 9.17) is 0 Å². The lowest BCUT2D eigenvalue weighted by Crippen LogP contribution is -2.47. The van der Waals surface area contributed by atoms with Crippen LogP contribution in [0.25, 0.3) is 0 Å². The molecule has 0 aromatic heterocycles. The Labute approximate surface area is 175 Å². The van der Waals surface area contributed by atoms with Crippen molar-refractivity contribution in [2.24, 2.45) is 0 Å². The second-order valence-electron chi connectivity index (χ2n) is 7.46. The number of carbonyl (C=O) groups is 2. The van der Waals surface area contributed by atoms with Crippen LogP contribution in [0.15, 0.2) is 48.5 Å². The van der Waals surface area contributed by atoms with Crippen LogP contribution in [0.2, 0.25) is 0 Å². The predicted molar refractivity (Wildman–Crippen MR) is 115 cm³/mol. The Kier molecular flexibility index (Phi) is 6.66. The molecule has 30 heavy (non-hydrogen) atoms. The maximum Gasteiger partial charge on any atom is 0.272 e. The Morgan fingerprint density at radius 3 is 2.63 bits per heavy atom. The zero-order chi connectivity index (χ0) is 21.7. The van der Waals surface area contributed by atoms with Gasteiger partial charge in [0.15, 0.2) is 0 Å². The number of likely N-dealkylation sites (tertiary alicyclic amines) is 1. The number of hydrogen-bond acceptors (Lipinski definition) is 5. The molecule has 2 aromatic carbocycles. The maximum absolute atomic E-state index is 12.9. The zero-order valence-corrected chi connectivity index (χ0v) is 17.2. The van der Waals surface area contributed by atoms with Crippen molar-refractivity contribution >= 4 is 23.2 Å². The molecule has 1 fully saturated rings. The number of aryl methyl sites for hydroxylation is 1. The van der Waals surface area contributed by atoms with Gasteiger partial charge in [0, 0.05) is 49.6 Å². The highest BCUT2D eigenvalue weighted by Crippen LogP contribution is 2.24. The predicted octanol–water partition coefficient (Wildman–Crippen LogP) is 2.76. The van der Waals surface area contributed by atoms with Crippen molar-refractivity contribution in [1.29, 1.82) is 0 Å². The number of nitro groups is 1.